The second-order valence-corrected chi connectivity index (χ2v) is 4.08. The third kappa shape index (κ3) is 8.13. The van der Waals surface area contributed by atoms with Gasteiger partial charge in [-0.3, -0.25) is 0 Å². The van der Waals surface area contributed by atoms with Gasteiger partial charge >= 0.3 is 0 Å². The monoisotopic (exact) mass is 261 g/mol. The van der Waals surface area contributed by atoms with E-state index in [-0.39, 0.29) is 18.2 Å². The molecule has 0 spiro atoms. The maximum Gasteiger partial charge on any atom is 0.123 e. The lowest BCUT2D eigenvalue weighted by atomic mass is 10.2. The molecule has 0 radical (unpaired) electrons. The fourth-order valence-corrected chi connectivity index (χ4v) is 1.35. The Bertz CT molecular complexity index is 290. The molecule has 0 aliphatic heterocycles. The molecule has 0 heterocycles. The van der Waals surface area contributed by atoms with Gasteiger partial charge in [0.25, 0.3) is 0 Å². The van der Waals surface area contributed by atoms with Gasteiger partial charge < -0.3 is 10.1 Å². The van der Waals surface area contributed by atoms with E-state index < -0.39 is 0 Å². The van der Waals surface area contributed by atoms with Gasteiger partial charge in [-0.1, -0.05) is 12.1 Å². The molecule has 0 fully saturated rings. The Morgan fingerprint density at radius 2 is 1.88 bits per heavy atom. The quantitative estimate of drug-likeness (QED) is 0.762. The van der Waals surface area contributed by atoms with Crippen LogP contribution in [0, 0.1) is 5.82 Å². The van der Waals surface area contributed by atoms with Crippen LogP contribution in [0.1, 0.15) is 25.8 Å². The number of benzene rings is 1. The summed E-state index contributed by atoms with van der Waals surface area (Å²) in [5.41, 5.74) is 1.10. The summed E-state index contributed by atoms with van der Waals surface area (Å²) in [6, 6.07) is 6.57. The number of rotatable bonds is 7. The topological polar surface area (TPSA) is 21.3 Å². The van der Waals surface area contributed by atoms with Crippen LogP contribution in [0.2, 0.25) is 0 Å². The van der Waals surface area contributed by atoms with Gasteiger partial charge in [-0.05, 0) is 44.5 Å². The highest BCUT2D eigenvalue weighted by Gasteiger charge is 1.95. The molecule has 17 heavy (non-hydrogen) atoms. The van der Waals surface area contributed by atoms with Crippen molar-refractivity contribution in [1.82, 2.24) is 5.32 Å². The SMILES string of the molecule is CC(C)OCCCNCc1ccc(F)cc1.Cl. The molecule has 98 valence electrons. The van der Waals surface area contributed by atoms with Crippen LogP contribution < -0.4 is 5.32 Å². The maximum absolute atomic E-state index is 12.6. The second kappa shape index (κ2) is 9.40. The van der Waals surface area contributed by atoms with Gasteiger partial charge in [0.1, 0.15) is 5.82 Å². The summed E-state index contributed by atoms with van der Waals surface area (Å²) in [5, 5.41) is 3.29. The molecule has 0 aliphatic rings. The second-order valence-electron chi connectivity index (χ2n) is 4.08. The summed E-state index contributed by atoms with van der Waals surface area (Å²) in [4.78, 5) is 0. The van der Waals surface area contributed by atoms with E-state index in [1.54, 1.807) is 12.1 Å². The normalized spacial score (nSPS) is 10.4. The van der Waals surface area contributed by atoms with Gasteiger partial charge in [0, 0.05) is 13.2 Å². The van der Waals surface area contributed by atoms with Crippen LogP contribution in [0.4, 0.5) is 4.39 Å². The third-order valence-corrected chi connectivity index (χ3v) is 2.19. The van der Waals surface area contributed by atoms with E-state index in [2.05, 4.69) is 5.32 Å². The average molecular weight is 262 g/mol. The molecule has 4 heteroatoms. The van der Waals surface area contributed by atoms with Crippen molar-refractivity contribution in [3.63, 3.8) is 0 Å². The molecular formula is C13H21ClFNO. The minimum atomic E-state index is -0.186. The van der Waals surface area contributed by atoms with Crippen LogP contribution in [0.3, 0.4) is 0 Å². The molecule has 1 N–H and O–H groups in total. The van der Waals surface area contributed by atoms with E-state index in [4.69, 9.17) is 4.74 Å². The van der Waals surface area contributed by atoms with E-state index in [1.807, 2.05) is 13.8 Å². The number of ether oxygens (including phenoxy) is 1. The molecule has 1 rings (SSSR count). The smallest absolute Gasteiger partial charge is 0.123 e. The van der Waals surface area contributed by atoms with Crippen LogP contribution in [-0.2, 0) is 11.3 Å². The lowest BCUT2D eigenvalue weighted by Crippen LogP contribution is -2.17. The van der Waals surface area contributed by atoms with Gasteiger partial charge in [-0.2, -0.15) is 0 Å². The summed E-state index contributed by atoms with van der Waals surface area (Å²) in [5.74, 6) is -0.186. The van der Waals surface area contributed by atoms with Crippen molar-refractivity contribution < 1.29 is 9.13 Å². The predicted octanol–water partition coefficient (Wildman–Crippen LogP) is 3.15. The van der Waals surface area contributed by atoms with Crippen LogP contribution in [0.5, 0.6) is 0 Å². The first-order valence-electron chi connectivity index (χ1n) is 5.75. The first-order chi connectivity index (χ1) is 7.68. The Hall–Kier alpha value is -0.640. The fourth-order valence-electron chi connectivity index (χ4n) is 1.35. The van der Waals surface area contributed by atoms with Crippen LogP contribution in [0.15, 0.2) is 24.3 Å². The van der Waals surface area contributed by atoms with Crippen molar-refractivity contribution in [3.05, 3.63) is 35.6 Å². The van der Waals surface area contributed by atoms with Crippen LogP contribution in [0.25, 0.3) is 0 Å². The highest BCUT2D eigenvalue weighted by atomic mass is 35.5. The Labute approximate surface area is 109 Å². The molecule has 0 unspecified atom stereocenters. The van der Waals surface area contributed by atoms with Crippen molar-refractivity contribution in [1.29, 1.82) is 0 Å². The average Bonchev–Trinajstić information content (AvgIpc) is 2.25. The zero-order chi connectivity index (χ0) is 11.8. The Morgan fingerprint density at radius 3 is 2.47 bits per heavy atom. The fraction of sp³-hybridized carbons (Fsp3) is 0.538. The first kappa shape index (κ1) is 16.4. The van der Waals surface area contributed by atoms with Gasteiger partial charge in [-0.15, -0.1) is 12.4 Å². The Balaban J connectivity index is 0.00000256. The van der Waals surface area contributed by atoms with E-state index >= 15 is 0 Å². The molecule has 0 bridgehead atoms. The molecule has 0 amide bonds. The zero-order valence-electron chi connectivity index (χ0n) is 10.4. The summed E-state index contributed by atoms with van der Waals surface area (Å²) < 4.78 is 18.0. The minimum Gasteiger partial charge on any atom is -0.379 e. The number of halogens is 2. The summed E-state index contributed by atoms with van der Waals surface area (Å²) in [6.07, 6.45) is 1.30. The van der Waals surface area contributed by atoms with Gasteiger partial charge in [-0.25, -0.2) is 4.39 Å². The molecule has 0 aliphatic carbocycles. The number of nitrogens with one attached hydrogen (secondary N) is 1. The number of hydrogen-bond donors (Lipinski definition) is 1. The largest absolute Gasteiger partial charge is 0.379 e. The molecule has 0 aromatic heterocycles. The molecular weight excluding hydrogens is 241 g/mol. The molecule has 0 saturated carbocycles. The lowest BCUT2D eigenvalue weighted by Gasteiger charge is -2.08. The summed E-state index contributed by atoms with van der Waals surface area (Å²) in [7, 11) is 0. The maximum atomic E-state index is 12.6. The highest BCUT2D eigenvalue weighted by molar-refractivity contribution is 5.85. The van der Waals surface area contributed by atoms with Crippen molar-refractivity contribution >= 4 is 12.4 Å². The van der Waals surface area contributed by atoms with Crippen molar-refractivity contribution in [2.45, 2.75) is 32.9 Å². The molecule has 0 atom stereocenters. The first-order valence-corrected chi connectivity index (χ1v) is 5.75. The van der Waals surface area contributed by atoms with Crippen molar-refractivity contribution in [2.75, 3.05) is 13.2 Å². The van der Waals surface area contributed by atoms with Gasteiger partial charge in [0.05, 0.1) is 6.10 Å². The zero-order valence-corrected chi connectivity index (χ0v) is 11.2. The van der Waals surface area contributed by atoms with Crippen LogP contribution in [-0.4, -0.2) is 19.3 Å². The van der Waals surface area contributed by atoms with Gasteiger partial charge in [0.15, 0.2) is 0 Å². The van der Waals surface area contributed by atoms with Crippen LogP contribution >= 0.6 is 12.4 Å². The van der Waals surface area contributed by atoms with E-state index in [1.165, 1.54) is 12.1 Å². The van der Waals surface area contributed by atoms with E-state index in [0.29, 0.717) is 6.10 Å². The Kier molecular flexibility index (Phi) is 9.04. The van der Waals surface area contributed by atoms with Crippen molar-refractivity contribution in [2.24, 2.45) is 0 Å². The lowest BCUT2D eigenvalue weighted by molar-refractivity contribution is 0.0770. The minimum absolute atomic E-state index is 0. The molecule has 2 nitrogen and oxygen atoms in total. The summed E-state index contributed by atoms with van der Waals surface area (Å²) >= 11 is 0. The highest BCUT2D eigenvalue weighted by Crippen LogP contribution is 2.01. The summed E-state index contributed by atoms with van der Waals surface area (Å²) in [6.45, 7) is 6.55. The third-order valence-electron chi connectivity index (χ3n) is 2.19. The van der Waals surface area contributed by atoms with E-state index in [0.717, 1.165) is 31.7 Å². The van der Waals surface area contributed by atoms with Gasteiger partial charge in [0.2, 0.25) is 0 Å². The molecule has 1 aromatic rings. The van der Waals surface area contributed by atoms with E-state index in [9.17, 15) is 4.39 Å². The Morgan fingerprint density at radius 1 is 1.24 bits per heavy atom. The van der Waals surface area contributed by atoms with Crippen molar-refractivity contribution in [3.8, 4) is 0 Å². The predicted molar refractivity (Wildman–Crippen MR) is 71.1 cm³/mol. The number of hydrogen-bond acceptors (Lipinski definition) is 2. The molecule has 0 saturated heterocycles. The standard InChI is InChI=1S/C13H20FNO.ClH/c1-11(2)16-9-3-8-15-10-12-4-6-13(14)7-5-12;/h4-7,11,15H,3,8-10H2,1-2H3;1H. The molecule has 1 aromatic carbocycles.